The monoisotopic (exact) mass is 288 g/mol. The molecule has 21 heavy (non-hydrogen) atoms. The standard InChI is InChI=1S/C17H21FN2O/c1-3-16(20-11-13-6-8-19-9-7-13)17(21)14-4-5-15(18)12(2)10-14/h4-10,16-17,20-21H,3,11H2,1-2H3. The molecule has 3 nitrogen and oxygen atoms in total. The molecule has 0 spiro atoms. The first-order valence-electron chi connectivity index (χ1n) is 7.18. The number of pyridine rings is 1. The van der Waals surface area contributed by atoms with Crippen LogP contribution in [0.3, 0.4) is 0 Å². The van der Waals surface area contributed by atoms with Gasteiger partial charge in [0.2, 0.25) is 0 Å². The van der Waals surface area contributed by atoms with Crippen molar-refractivity contribution in [2.24, 2.45) is 0 Å². The van der Waals surface area contributed by atoms with Gasteiger partial charge in [-0.25, -0.2) is 4.39 Å². The third-order valence-electron chi connectivity index (χ3n) is 3.66. The lowest BCUT2D eigenvalue weighted by atomic mass is 9.98. The average Bonchev–Trinajstić information content (AvgIpc) is 2.51. The molecule has 0 saturated heterocycles. The molecule has 4 heteroatoms. The summed E-state index contributed by atoms with van der Waals surface area (Å²) < 4.78 is 13.3. The summed E-state index contributed by atoms with van der Waals surface area (Å²) in [7, 11) is 0. The van der Waals surface area contributed by atoms with Crippen LogP contribution in [0.15, 0.2) is 42.7 Å². The lowest BCUT2D eigenvalue weighted by Gasteiger charge is -2.24. The molecular formula is C17H21FN2O. The number of hydrogen-bond donors (Lipinski definition) is 2. The molecule has 0 bridgehead atoms. The molecule has 0 fully saturated rings. The molecule has 112 valence electrons. The van der Waals surface area contributed by atoms with E-state index in [4.69, 9.17) is 0 Å². The Morgan fingerprint density at radius 2 is 1.95 bits per heavy atom. The first-order chi connectivity index (χ1) is 10.1. The first kappa shape index (κ1) is 15.6. The average molecular weight is 288 g/mol. The Morgan fingerprint density at radius 3 is 2.57 bits per heavy atom. The number of aromatic nitrogens is 1. The van der Waals surface area contributed by atoms with E-state index in [-0.39, 0.29) is 11.9 Å². The lowest BCUT2D eigenvalue weighted by molar-refractivity contribution is 0.125. The summed E-state index contributed by atoms with van der Waals surface area (Å²) in [5, 5.41) is 13.8. The van der Waals surface area contributed by atoms with E-state index in [1.165, 1.54) is 6.07 Å². The third kappa shape index (κ3) is 4.09. The van der Waals surface area contributed by atoms with Crippen molar-refractivity contribution in [3.05, 3.63) is 65.2 Å². The van der Waals surface area contributed by atoms with Gasteiger partial charge in [-0.05, 0) is 48.2 Å². The molecule has 1 aromatic carbocycles. The fourth-order valence-electron chi connectivity index (χ4n) is 2.31. The smallest absolute Gasteiger partial charge is 0.126 e. The maximum Gasteiger partial charge on any atom is 0.126 e. The zero-order valence-corrected chi connectivity index (χ0v) is 12.4. The summed E-state index contributed by atoms with van der Waals surface area (Å²) >= 11 is 0. The number of aliphatic hydroxyl groups excluding tert-OH is 1. The SMILES string of the molecule is CCC(NCc1ccncc1)C(O)c1ccc(F)c(C)c1. The topological polar surface area (TPSA) is 45.2 Å². The molecule has 0 amide bonds. The number of nitrogens with zero attached hydrogens (tertiary/aromatic N) is 1. The van der Waals surface area contributed by atoms with E-state index in [2.05, 4.69) is 10.3 Å². The van der Waals surface area contributed by atoms with E-state index in [1.807, 2.05) is 19.1 Å². The van der Waals surface area contributed by atoms with Gasteiger partial charge >= 0.3 is 0 Å². The van der Waals surface area contributed by atoms with Crippen LogP contribution in [0.1, 0.15) is 36.1 Å². The van der Waals surface area contributed by atoms with Crippen LogP contribution in [0, 0.1) is 12.7 Å². The Kier molecular flexibility index (Phi) is 5.42. The zero-order valence-electron chi connectivity index (χ0n) is 12.4. The number of benzene rings is 1. The maximum atomic E-state index is 13.3. The van der Waals surface area contributed by atoms with E-state index in [9.17, 15) is 9.50 Å². The first-order valence-corrected chi connectivity index (χ1v) is 7.18. The summed E-state index contributed by atoms with van der Waals surface area (Å²) in [4.78, 5) is 3.98. The van der Waals surface area contributed by atoms with E-state index in [0.29, 0.717) is 12.1 Å². The van der Waals surface area contributed by atoms with Crippen LogP contribution >= 0.6 is 0 Å². The quantitative estimate of drug-likeness (QED) is 0.858. The van der Waals surface area contributed by atoms with E-state index >= 15 is 0 Å². The summed E-state index contributed by atoms with van der Waals surface area (Å²) in [6, 6.07) is 8.55. The molecule has 0 saturated carbocycles. The Morgan fingerprint density at radius 1 is 1.24 bits per heavy atom. The van der Waals surface area contributed by atoms with Crippen LogP contribution in [0.25, 0.3) is 0 Å². The lowest BCUT2D eigenvalue weighted by Crippen LogP contribution is -2.34. The summed E-state index contributed by atoms with van der Waals surface area (Å²) in [6.07, 6.45) is 3.62. The third-order valence-corrected chi connectivity index (χ3v) is 3.66. The normalized spacial score (nSPS) is 13.9. The van der Waals surface area contributed by atoms with Gasteiger partial charge in [-0.3, -0.25) is 4.98 Å². The Bertz CT molecular complexity index is 574. The number of rotatable bonds is 6. The number of aliphatic hydroxyl groups is 1. The van der Waals surface area contributed by atoms with Crippen LogP contribution in [-0.4, -0.2) is 16.1 Å². The highest BCUT2D eigenvalue weighted by Gasteiger charge is 2.19. The summed E-state index contributed by atoms with van der Waals surface area (Å²) in [5.74, 6) is -0.247. The van der Waals surface area contributed by atoms with Crippen molar-refractivity contribution in [1.82, 2.24) is 10.3 Å². The highest BCUT2D eigenvalue weighted by Crippen LogP contribution is 2.21. The minimum atomic E-state index is -0.656. The molecule has 2 N–H and O–H groups in total. The van der Waals surface area contributed by atoms with Crippen molar-refractivity contribution in [2.75, 3.05) is 0 Å². The molecule has 0 aliphatic heterocycles. The zero-order chi connectivity index (χ0) is 15.2. The van der Waals surface area contributed by atoms with Crippen molar-refractivity contribution in [1.29, 1.82) is 0 Å². The van der Waals surface area contributed by atoms with Crippen LogP contribution < -0.4 is 5.32 Å². The van der Waals surface area contributed by atoms with Crippen molar-refractivity contribution >= 4 is 0 Å². The predicted octanol–water partition coefficient (Wildman–Crippen LogP) is 3.13. The van der Waals surface area contributed by atoms with Crippen LogP contribution in [0.2, 0.25) is 0 Å². The predicted molar refractivity (Wildman–Crippen MR) is 81.3 cm³/mol. The molecule has 2 atom stereocenters. The van der Waals surface area contributed by atoms with Crippen molar-refractivity contribution < 1.29 is 9.50 Å². The van der Waals surface area contributed by atoms with Gasteiger partial charge in [-0.1, -0.05) is 19.1 Å². The molecule has 0 aliphatic carbocycles. The molecule has 0 radical (unpaired) electrons. The molecule has 1 aromatic heterocycles. The van der Waals surface area contributed by atoms with E-state index in [0.717, 1.165) is 17.5 Å². The van der Waals surface area contributed by atoms with Gasteiger partial charge in [-0.15, -0.1) is 0 Å². The molecule has 2 aromatic rings. The van der Waals surface area contributed by atoms with E-state index < -0.39 is 6.10 Å². The van der Waals surface area contributed by atoms with Crippen LogP contribution in [0.4, 0.5) is 4.39 Å². The second-order valence-electron chi connectivity index (χ2n) is 5.20. The largest absolute Gasteiger partial charge is 0.387 e. The van der Waals surface area contributed by atoms with Crippen molar-refractivity contribution in [3.8, 4) is 0 Å². The van der Waals surface area contributed by atoms with Gasteiger partial charge in [-0.2, -0.15) is 0 Å². The highest BCUT2D eigenvalue weighted by atomic mass is 19.1. The molecule has 2 rings (SSSR count). The number of hydrogen-bond acceptors (Lipinski definition) is 3. The minimum absolute atomic E-state index is 0.0805. The molecular weight excluding hydrogens is 267 g/mol. The van der Waals surface area contributed by atoms with Gasteiger partial charge in [0.05, 0.1) is 6.10 Å². The Balaban J connectivity index is 2.04. The molecule has 2 unspecified atom stereocenters. The number of halogens is 1. The fraction of sp³-hybridized carbons (Fsp3) is 0.353. The Labute approximate surface area is 124 Å². The van der Waals surface area contributed by atoms with Crippen molar-refractivity contribution in [2.45, 2.75) is 39.0 Å². The minimum Gasteiger partial charge on any atom is -0.387 e. The van der Waals surface area contributed by atoms with Gasteiger partial charge in [0.25, 0.3) is 0 Å². The van der Waals surface area contributed by atoms with Gasteiger partial charge < -0.3 is 10.4 Å². The van der Waals surface area contributed by atoms with Crippen molar-refractivity contribution in [3.63, 3.8) is 0 Å². The summed E-state index contributed by atoms with van der Waals surface area (Å²) in [6.45, 7) is 4.39. The van der Waals surface area contributed by atoms with Crippen LogP contribution in [0.5, 0.6) is 0 Å². The van der Waals surface area contributed by atoms with E-state index in [1.54, 1.807) is 31.5 Å². The number of nitrogens with one attached hydrogen (secondary N) is 1. The Hall–Kier alpha value is -1.78. The van der Waals surface area contributed by atoms with Crippen LogP contribution in [-0.2, 0) is 6.54 Å². The number of aryl methyl sites for hydroxylation is 1. The molecule has 0 aliphatic rings. The second-order valence-corrected chi connectivity index (χ2v) is 5.20. The maximum absolute atomic E-state index is 13.3. The fourth-order valence-corrected chi connectivity index (χ4v) is 2.31. The van der Waals surface area contributed by atoms with Gasteiger partial charge in [0.1, 0.15) is 5.82 Å². The summed E-state index contributed by atoms with van der Waals surface area (Å²) in [5.41, 5.74) is 2.41. The molecule has 1 heterocycles. The second kappa shape index (κ2) is 7.29. The van der Waals surface area contributed by atoms with Gasteiger partial charge in [0, 0.05) is 25.0 Å². The van der Waals surface area contributed by atoms with Gasteiger partial charge in [0.15, 0.2) is 0 Å². The highest BCUT2D eigenvalue weighted by molar-refractivity contribution is 5.26.